The molecule has 0 saturated carbocycles. The maximum absolute atomic E-state index is 13.6. The van der Waals surface area contributed by atoms with E-state index in [4.69, 9.17) is 0 Å². The lowest BCUT2D eigenvalue weighted by Gasteiger charge is -2.14. The number of rotatable bonds is 8. The topological polar surface area (TPSA) is 66.4 Å². The SMILES string of the molecule is O=C(Cc1ccc(F)cc1F)N[C@@H](CCCc1ccccc1)C(=O)O. The first-order chi connectivity index (χ1) is 12.0. The van der Waals surface area contributed by atoms with E-state index in [2.05, 4.69) is 5.32 Å². The van der Waals surface area contributed by atoms with Crippen molar-refractivity contribution < 1.29 is 23.5 Å². The van der Waals surface area contributed by atoms with Crippen LogP contribution in [0.5, 0.6) is 0 Å². The van der Waals surface area contributed by atoms with Gasteiger partial charge in [-0.25, -0.2) is 13.6 Å². The van der Waals surface area contributed by atoms with Gasteiger partial charge in [-0.2, -0.15) is 0 Å². The molecule has 0 aromatic heterocycles. The Morgan fingerprint density at radius 3 is 2.44 bits per heavy atom. The molecule has 132 valence electrons. The van der Waals surface area contributed by atoms with E-state index in [1.54, 1.807) is 0 Å². The molecule has 1 amide bonds. The minimum atomic E-state index is -1.14. The maximum Gasteiger partial charge on any atom is 0.326 e. The number of carbonyl (C=O) groups excluding carboxylic acids is 1. The fourth-order valence-electron chi connectivity index (χ4n) is 2.50. The molecule has 0 aliphatic heterocycles. The van der Waals surface area contributed by atoms with Gasteiger partial charge in [-0.05, 0) is 36.5 Å². The van der Waals surface area contributed by atoms with Gasteiger partial charge >= 0.3 is 5.97 Å². The minimum Gasteiger partial charge on any atom is -0.480 e. The van der Waals surface area contributed by atoms with Crippen LogP contribution in [-0.4, -0.2) is 23.0 Å². The first kappa shape index (κ1) is 18.6. The second kappa shape index (κ2) is 8.92. The van der Waals surface area contributed by atoms with Gasteiger partial charge in [0.1, 0.15) is 17.7 Å². The lowest BCUT2D eigenvalue weighted by atomic mass is 10.0. The number of aryl methyl sites for hydroxylation is 1. The van der Waals surface area contributed by atoms with Crippen LogP contribution in [0.15, 0.2) is 48.5 Å². The number of carboxylic acids is 1. The zero-order chi connectivity index (χ0) is 18.2. The van der Waals surface area contributed by atoms with E-state index in [1.165, 1.54) is 6.07 Å². The molecule has 0 heterocycles. The summed E-state index contributed by atoms with van der Waals surface area (Å²) in [4.78, 5) is 23.3. The van der Waals surface area contributed by atoms with Crippen LogP contribution in [0.2, 0.25) is 0 Å². The largest absolute Gasteiger partial charge is 0.480 e. The minimum absolute atomic E-state index is 0.0207. The quantitative estimate of drug-likeness (QED) is 0.771. The number of amides is 1. The highest BCUT2D eigenvalue weighted by atomic mass is 19.1. The Bertz CT molecular complexity index is 735. The van der Waals surface area contributed by atoms with Gasteiger partial charge in [0.2, 0.25) is 5.91 Å². The Labute approximate surface area is 144 Å². The highest BCUT2D eigenvalue weighted by Crippen LogP contribution is 2.11. The molecule has 0 aliphatic carbocycles. The molecule has 2 aromatic carbocycles. The summed E-state index contributed by atoms with van der Waals surface area (Å²) < 4.78 is 26.4. The van der Waals surface area contributed by atoms with E-state index in [0.717, 1.165) is 11.6 Å². The molecule has 4 nitrogen and oxygen atoms in total. The molecule has 1 atom stereocenters. The molecule has 0 fully saturated rings. The van der Waals surface area contributed by atoms with Crippen LogP contribution in [0, 0.1) is 11.6 Å². The Kier molecular flexibility index (Phi) is 6.62. The molecule has 0 aliphatic rings. The van der Waals surface area contributed by atoms with Gasteiger partial charge in [-0.15, -0.1) is 0 Å². The maximum atomic E-state index is 13.6. The van der Waals surface area contributed by atoms with E-state index >= 15 is 0 Å². The molecule has 2 aromatic rings. The van der Waals surface area contributed by atoms with E-state index in [9.17, 15) is 23.5 Å². The van der Waals surface area contributed by atoms with E-state index in [1.807, 2.05) is 30.3 Å². The summed E-state index contributed by atoms with van der Waals surface area (Å²) in [5.41, 5.74) is 1.11. The number of aliphatic carboxylic acids is 1. The van der Waals surface area contributed by atoms with Crippen LogP contribution in [0.4, 0.5) is 8.78 Å². The third-order valence-corrected chi connectivity index (χ3v) is 3.80. The van der Waals surface area contributed by atoms with Crippen molar-refractivity contribution in [3.05, 3.63) is 71.3 Å². The predicted octanol–water partition coefficient (Wildman–Crippen LogP) is 3.10. The molecule has 0 saturated heterocycles. The van der Waals surface area contributed by atoms with Crippen molar-refractivity contribution in [2.24, 2.45) is 0 Å². The van der Waals surface area contributed by atoms with E-state index in [-0.39, 0.29) is 18.4 Å². The van der Waals surface area contributed by atoms with Crippen LogP contribution in [-0.2, 0) is 22.4 Å². The number of hydrogen-bond acceptors (Lipinski definition) is 2. The fraction of sp³-hybridized carbons (Fsp3) is 0.263. The summed E-state index contributed by atoms with van der Waals surface area (Å²) in [6.07, 6.45) is 1.22. The summed E-state index contributed by atoms with van der Waals surface area (Å²) in [5, 5.41) is 11.6. The summed E-state index contributed by atoms with van der Waals surface area (Å²) >= 11 is 0. The summed E-state index contributed by atoms with van der Waals surface area (Å²) in [7, 11) is 0. The molecular formula is C19H19F2NO3. The van der Waals surface area contributed by atoms with Crippen LogP contribution in [0.25, 0.3) is 0 Å². The second-order valence-corrected chi connectivity index (χ2v) is 5.75. The van der Waals surface area contributed by atoms with Gasteiger partial charge in [0.05, 0.1) is 6.42 Å². The van der Waals surface area contributed by atoms with Crippen molar-refractivity contribution in [3.63, 3.8) is 0 Å². The zero-order valence-electron chi connectivity index (χ0n) is 13.5. The predicted molar refractivity (Wildman–Crippen MR) is 89.0 cm³/mol. The van der Waals surface area contributed by atoms with Crippen molar-refractivity contribution in [3.8, 4) is 0 Å². The smallest absolute Gasteiger partial charge is 0.326 e. The van der Waals surface area contributed by atoms with Gasteiger partial charge in [0, 0.05) is 6.07 Å². The zero-order valence-corrected chi connectivity index (χ0v) is 13.5. The van der Waals surface area contributed by atoms with Crippen molar-refractivity contribution in [2.75, 3.05) is 0 Å². The molecule has 25 heavy (non-hydrogen) atoms. The third kappa shape index (κ3) is 5.99. The molecule has 0 spiro atoms. The van der Waals surface area contributed by atoms with Crippen LogP contribution >= 0.6 is 0 Å². The Morgan fingerprint density at radius 2 is 1.80 bits per heavy atom. The number of carboxylic acid groups (broad SMARTS) is 1. The first-order valence-electron chi connectivity index (χ1n) is 7.95. The summed E-state index contributed by atoms with van der Waals surface area (Å²) in [6.45, 7) is 0. The van der Waals surface area contributed by atoms with Gasteiger partial charge in [-0.3, -0.25) is 4.79 Å². The lowest BCUT2D eigenvalue weighted by Crippen LogP contribution is -2.41. The van der Waals surface area contributed by atoms with Crippen molar-refractivity contribution in [2.45, 2.75) is 31.7 Å². The van der Waals surface area contributed by atoms with E-state index < -0.39 is 29.6 Å². The van der Waals surface area contributed by atoms with Crippen LogP contribution in [0.3, 0.4) is 0 Å². The summed E-state index contributed by atoms with van der Waals surface area (Å²) in [6, 6.07) is 11.5. The Morgan fingerprint density at radius 1 is 1.08 bits per heavy atom. The number of halogens is 2. The number of carbonyl (C=O) groups is 2. The lowest BCUT2D eigenvalue weighted by molar-refractivity contribution is -0.142. The van der Waals surface area contributed by atoms with Crippen molar-refractivity contribution in [1.29, 1.82) is 0 Å². The average Bonchev–Trinajstić information content (AvgIpc) is 2.57. The molecule has 0 bridgehead atoms. The first-order valence-corrected chi connectivity index (χ1v) is 7.95. The van der Waals surface area contributed by atoms with Gasteiger partial charge in [0.15, 0.2) is 0 Å². The highest BCUT2D eigenvalue weighted by molar-refractivity contribution is 5.84. The van der Waals surface area contributed by atoms with Gasteiger partial charge in [0.25, 0.3) is 0 Å². The van der Waals surface area contributed by atoms with Crippen LogP contribution < -0.4 is 5.32 Å². The Balaban J connectivity index is 1.87. The van der Waals surface area contributed by atoms with Gasteiger partial charge in [-0.1, -0.05) is 36.4 Å². The summed E-state index contributed by atoms with van der Waals surface area (Å²) in [5.74, 6) is -3.31. The monoisotopic (exact) mass is 347 g/mol. The molecule has 6 heteroatoms. The molecule has 2 rings (SSSR count). The number of benzene rings is 2. The molecule has 0 radical (unpaired) electrons. The molecule has 0 unspecified atom stereocenters. The standard InChI is InChI=1S/C19H19F2NO3/c20-15-10-9-14(16(21)12-15)11-18(23)22-17(19(24)25)8-4-7-13-5-2-1-3-6-13/h1-3,5-6,9-10,12,17H,4,7-8,11H2,(H,22,23)(H,24,25)/t17-/m0/s1. The average molecular weight is 347 g/mol. The normalized spacial score (nSPS) is 11.8. The number of nitrogens with one attached hydrogen (secondary N) is 1. The third-order valence-electron chi connectivity index (χ3n) is 3.80. The number of hydrogen-bond donors (Lipinski definition) is 2. The van der Waals surface area contributed by atoms with Crippen molar-refractivity contribution >= 4 is 11.9 Å². The second-order valence-electron chi connectivity index (χ2n) is 5.75. The molecular weight excluding hydrogens is 328 g/mol. The Hall–Kier alpha value is -2.76. The van der Waals surface area contributed by atoms with Crippen LogP contribution in [0.1, 0.15) is 24.0 Å². The fourth-order valence-corrected chi connectivity index (χ4v) is 2.50. The van der Waals surface area contributed by atoms with E-state index in [0.29, 0.717) is 18.9 Å². The highest BCUT2D eigenvalue weighted by Gasteiger charge is 2.20. The van der Waals surface area contributed by atoms with Crippen molar-refractivity contribution in [1.82, 2.24) is 5.32 Å². The van der Waals surface area contributed by atoms with Gasteiger partial charge < -0.3 is 10.4 Å². The molecule has 2 N–H and O–H groups in total.